The van der Waals surface area contributed by atoms with E-state index >= 15 is 0 Å². The van der Waals surface area contributed by atoms with Crippen molar-refractivity contribution < 1.29 is 23.7 Å². The molecule has 10 heteroatoms. The van der Waals surface area contributed by atoms with Gasteiger partial charge in [-0.25, -0.2) is 4.52 Å². The minimum absolute atomic E-state index is 0.0265. The number of benzene rings is 1. The van der Waals surface area contributed by atoms with Gasteiger partial charge in [0.1, 0.15) is 18.5 Å². The Hall–Kier alpha value is -3.37. The summed E-state index contributed by atoms with van der Waals surface area (Å²) in [7, 11) is 3.25. The van der Waals surface area contributed by atoms with Crippen LogP contribution >= 0.6 is 0 Å². The minimum atomic E-state index is -0.496. The lowest BCUT2D eigenvalue weighted by Gasteiger charge is -2.25. The van der Waals surface area contributed by atoms with Crippen LogP contribution in [0.15, 0.2) is 36.7 Å². The molecule has 4 heterocycles. The second-order valence-corrected chi connectivity index (χ2v) is 8.05. The number of fused-ring (bicyclic) bond motifs is 5. The molecule has 0 spiro atoms. The van der Waals surface area contributed by atoms with Crippen LogP contribution in [0.1, 0.15) is 6.42 Å². The molecule has 1 unspecified atom stereocenters. The molecule has 2 aromatic heterocycles. The molecule has 0 radical (unpaired) electrons. The van der Waals surface area contributed by atoms with Crippen LogP contribution in [-0.2, 0) is 14.3 Å². The summed E-state index contributed by atoms with van der Waals surface area (Å²) in [4.78, 5) is 19.6. The lowest BCUT2D eigenvalue weighted by molar-refractivity contribution is -0.138. The molecule has 2 aliphatic rings. The Balaban J connectivity index is 1.48. The second-order valence-electron chi connectivity index (χ2n) is 8.05. The van der Waals surface area contributed by atoms with Crippen molar-refractivity contribution in [3.05, 3.63) is 36.7 Å². The van der Waals surface area contributed by atoms with Crippen LogP contribution in [0.2, 0.25) is 0 Å². The number of carbonyl (C=O) groups is 1. The highest BCUT2D eigenvalue weighted by Crippen LogP contribution is 2.32. The fraction of sp³-hybridized carbons (Fsp3) is 0.435. The SMILES string of the molecule is COCCOC1C[C@H]2COc3ccn4ncc(c4n3)-c3cc(cc(OC)c3)NCCN2C1=O. The van der Waals surface area contributed by atoms with E-state index in [2.05, 4.69) is 10.4 Å². The van der Waals surface area contributed by atoms with Crippen molar-refractivity contribution in [3.8, 4) is 22.8 Å². The third kappa shape index (κ3) is 4.31. The van der Waals surface area contributed by atoms with Crippen LogP contribution in [-0.4, -0.2) is 84.7 Å². The van der Waals surface area contributed by atoms with Gasteiger partial charge in [0, 0.05) is 56.2 Å². The maximum Gasteiger partial charge on any atom is 0.252 e. The summed E-state index contributed by atoms with van der Waals surface area (Å²) in [5, 5.41) is 7.85. The maximum atomic E-state index is 13.0. The van der Waals surface area contributed by atoms with Gasteiger partial charge in [-0.15, -0.1) is 0 Å². The van der Waals surface area contributed by atoms with Crippen molar-refractivity contribution >= 4 is 17.2 Å². The molecule has 0 saturated carbocycles. The number of carbonyl (C=O) groups excluding carboxylic acids is 1. The van der Waals surface area contributed by atoms with Gasteiger partial charge in [0.2, 0.25) is 5.88 Å². The van der Waals surface area contributed by atoms with E-state index in [4.69, 9.17) is 23.9 Å². The van der Waals surface area contributed by atoms with Gasteiger partial charge in [-0.2, -0.15) is 10.1 Å². The second kappa shape index (κ2) is 9.24. The quantitative estimate of drug-likeness (QED) is 0.585. The minimum Gasteiger partial charge on any atom is -0.497 e. The molecule has 1 amide bonds. The Morgan fingerprint density at radius 2 is 2.15 bits per heavy atom. The van der Waals surface area contributed by atoms with Crippen molar-refractivity contribution in [2.24, 2.45) is 0 Å². The van der Waals surface area contributed by atoms with Gasteiger partial charge in [-0.1, -0.05) is 0 Å². The van der Waals surface area contributed by atoms with Gasteiger partial charge < -0.3 is 29.2 Å². The van der Waals surface area contributed by atoms with Crippen molar-refractivity contribution in [1.82, 2.24) is 19.5 Å². The van der Waals surface area contributed by atoms with Crippen LogP contribution in [0.4, 0.5) is 5.69 Å². The van der Waals surface area contributed by atoms with Crippen LogP contribution in [0.25, 0.3) is 16.8 Å². The van der Waals surface area contributed by atoms with Crippen molar-refractivity contribution in [2.75, 3.05) is 52.4 Å². The first kappa shape index (κ1) is 21.5. The van der Waals surface area contributed by atoms with Crippen LogP contribution < -0.4 is 14.8 Å². The first-order valence-corrected chi connectivity index (χ1v) is 11.0. The number of hydrogen-bond acceptors (Lipinski definition) is 8. The summed E-state index contributed by atoms with van der Waals surface area (Å²) in [6.45, 7) is 2.26. The fourth-order valence-corrected chi connectivity index (χ4v) is 4.32. The van der Waals surface area contributed by atoms with E-state index in [9.17, 15) is 4.79 Å². The highest BCUT2D eigenvalue weighted by Gasteiger charge is 2.40. The average Bonchev–Trinajstić information content (AvgIpc) is 3.38. The molecule has 2 aliphatic heterocycles. The summed E-state index contributed by atoms with van der Waals surface area (Å²) in [5.74, 6) is 1.18. The zero-order valence-electron chi connectivity index (χ0n) is 18.7. The van der Waals surface area contributed by atoms with E-state index in [0.29, 0.717) is 50.9 Å². The van der Waals surface area contributed by atoms with Gasteiger partial charge in [0.15, 0.2) is 5.65 Å². The van der Waals surface area contributed by atoms with Crippen molar-refractivity contribution in [2.45, 2.75) is 18.6 Å². The van der Waals surface area contributed by atoms with E-state index in [1.54, 1.807) is 31.0 Å². The Labute approximate surface area is 191 Å². The van der Waals surface area contributed by atoms with Crippen molar-refractivity contribution in [1.29, 1.82) is 0 Å². The normalized spacial score (nSPS) is 20.3. The summed E-state index contributed by atoms with van der Waals surface area (Å²) in [6, 6.07) is 7.58. The average molecular weight is 453 g/mol. The largest absolute Gasteiger partial charge is 0.497 e. The molecule has 33 heavy (non-hydrogen) atoms. The monoisotopic (exact) mass is 453 g/mol. The molecule has 3 aromatic rings. The van der Waals surface area contributed by atoms with E-state index in [0.717, 1.165) is 22.6 Å². The highest BCUT2D eigenvalue weighted by atomic mass is 16.5. The molecular weight excluding hydrogens is 426 g/mol. The number of aromatic nitrogens is 3. The smallest absolute Gasteiger partial charge is 0.252 e. The van der Waals surface area contributed by atoms with Crippen LogP contribution in [0.5, 0.6) is 11.6 Å². The van der Waals surface area contributed by atoms with E-state index in [1.807, 2.05) is 29.3 Å². The third-order valence-corrected chi connectivity index (χ3v) is 5.99. The van der Waals surface area contributed by atoms with Crippen LogP contribution in [0, 0.1) is 0 Å². The lowest BCUT2D eigenvalue weighted by atomic mass is 10.1. The molecule has 4 bridgehead atoms. The number of nitrogens with one attached hydrogen (secondary N) is 1. The Kier molecular flexibility index (Phi) is 6.01. The Bertz CT molecular complexity index is 1150. The number of hydrogen-bond donors (Lipinski definition) is 1. The zero-order chi connectivity index (χ0) is 22.8. The number of ether oxygens (including phenoxy) is 4. The first-order valence-electron chi connectivity index (χ1n) is 11.0. The van der Waals surface area contributed by atoms with Gasteiger partial charge in [0.05, 0.1) is 32.6 Å². The van der Waals surface area contributed by atoms with Gasteiger partial charge in [-0.3, -0.25) is 4.79 Å². The molecule has 174 valence electrons. The number of methoxy groups -OCH3 is 2. The number of rotatable bonds is 5. The lowest BCUT2D eigenvalue weighted by Crippen LogP contribution is -2.41. The summed E-state index contributed by atoms with van der Waals surface area (Å²) < 4.78 is 24.1. The molecule has 1 N–H and O–H groups in total. The molecule has 10 nitrogen and oxygen atoms in total. The Morgan fingerprint density at radius 1 is 1.24 bits per heavy atom. The fourth-order valence-electron chi connectivity index (χ4n) is 4.32. The molecule has 5 rings (SSSR count). The van der Waals surface area contributed by atoms with E-state index in [-0.39, 0.29) is 11.9 Å². The van der Waals surface area contributed by atoms with Gasteiger partial charge in [0.25, 0.3) is 5.91 Å². The molecule has 2 atom stereocenters. The summed E-state index contributed by atoms with van der Waals surface area (Å²) in [5.41, 5.74) is 3.38. The standard InChI is InChI=1S/C23H27N5O5/c1-30-7-8-32-20-12-17-14-33-21-3-5-28-22(26-21)19(13-25-28)15-9-16(11-18(10-15)31-2)24-4-6-27(17)23(20)29/h3,5,9-11,13,17,20,24H,4,6-8,12,14H2,1-2H3/t17-,20?/m0/s1. The molecule has 1 saturated heterocycles. The first-order chi connectivity index (χ1) is 16.2. The third-order valence-electron chi connectivity index (χ3n) is 5.99. The number of nitrogens with zero attached hydrogens (tertiary/aromatic N) is 4. The zero-order valence-corrected chi connectivity index (χ0v) is 18.7. The molecular formula is C23H27N5O5. The maximum absolute atomic E-state index is 13.0. The molecule has 0 aliphatic carbocycles. The highest BCUT2D eigenvalue weighted by molar-refractivity contribution is 5.84. The summed E-state index contributed by atoms with van der Waals surface area (Å²) >= 11 is 0. The molecule has 1 aromatic carbocycles. The predicted octanol–water partition coefficient (Wildman–Crippen LogP) is 1.84. The topological polar surface area (TPSA) is 99.4 Å². The van der Waals surface area contributed by atoms with Gasteiger partial charge >= 0.3 is 0 Å². The predicted molar refractivity (Wildman–Crippen MR) is 121 cm³/mol. The van der Waals surface area contributed by atoms with Gasteiger partial charge in [-0.05, 0) is 17.7 Å². The van der Waals surface area contributed by atoms with E-state index < -0.39 is 6.10 Å². The number of amides is 1. The summed E-state index contributed by atoms with van der Waals surface area (Å²) in [6.07, 6.45) is 3.67. The van der Waals surface area contributed by atoms with Crippen LogP contribution in [0.3, 0.4) is 0 Å². The van der Waals surface area contributed by atoms with Crippen molar-refractivity contribution in [3.63, 3.8) is 0 Å². The number of anilines is 1. The molecule has 1 fully saturated rings. The van der Waals surface area contributed by atoms with E-state index in [1.165, 1.54) is 0 Å². The Morgan fingerprint density at radius 3 is 3.00 bits per heavy atom.